The van der Waals surface area contributed by atoms with E-state index in [-0.39, 0.29) is 5.41 Å². The van der Waals surface area contributed by atoms with Crippen LogP contribution in [0.2, 0.25) is 0 Å². The van der Waals surface area contributed by atoms with E-state index in [0.717, 1.165) is 23.3 Å². The van der Waals surface area contributed by atoms with E-state index in [4.69, 9.17) is 4.52 Å². The van der Waals surface area contributed by atoms with Crippen LogP contribution >= 0.6 is 15.9 Å². The Hall–Kier alpha value is -1.27. The van der Waals surface area contributed by atoms with Gasteiger partial charge in [-0.1, -0.05) is 19.0 Å². The number of nitrogens with zero attached hydrogens (tertiary/aromatic N) is 3. The van der Waals surface area contributed by atoms with Crippen molar-refractivity contribution in [1.29, 1.82) is 0 Å². The fourth-order valence-electron chi connectivity index (χ4n) is 2.74. The lowest BCUT2D eigenvalue weighted by Gasteiger charge is -2.34. The average molecular weight is 351 g/mol. The highest BCUT2D eigenvalue weighted by Gasteiger charge is 2.37. The topological polar surface area (TPSA) is 63.8 Å². The predicted octanol–water partition coefficient (Wildman–Crippen LogP) is 3.17. The molecule has 6 heteroatoms. The van der Waals surface area contributed by atoms with Gasteiger partial charge in [-0.15, -0.1) is 0 Å². The van der Waals surface area contributed by atoms with Crippen molar-refractivity contribution < 1.29 is 4.52 Å². The number of pyridine rings is 1. The third kappa shape index (κ3) is 3.01. The summed E-state index contributed by atoms with van der Waals surface area (Å²) in [6.45, 7) is 6.46. The standard InChI is InChI=1S/C15H19BrN4O/c1-15(2,10-4-3-7-17-8-10)14-19-13(20-21-14)12-6-5-11(16)9-18-12/h5-6,9-10,17H,3-4,7-8H2,1-2H3. The predicted molar refractivity (Wildman–Crippen MR) is 83.8 cm³/mol. The molecule has 1 aliphatic rings. The molecule has 5 nitrogen and oxygen atoms in total. The minimum atomic E-state index is -0.131. The van der Waals surface area contributed by atoms with Gasteiger partial charge in [0.15, 0.2) is 0 Å². The Bertz CT molecular complexity index is 602. The third-order valence-electron chi connectivity index (χ3n) is 4.25. The molecule has 0 radical (unpaired) electrons. The molecular formula is C15H19BrN4O. The van der Waals surface area contributed by atoms with Crippen LogP contribution in [0.3, 0.4) is 0 Å². The van der Waals surface area contributed by atoms with E-state index in [1.807, 2.05) is 12.1 Å². The van der Waals surface area contributed by atoms with Gasteiger partial charge in [0.05, 0.1) is 0 Å². The molecule has 1 aliphatic heterocycles. The smallest absolute Gasteiger partial charge is 0.232 e. The van der Waals surface area contributed by atoms with Crippen LogP contribution in [0.25, 0.3) is 11.5 Å². The molecule has 2 aromatic heterocycles. The molecule has 0 aromatic carbocycles. The van der Waals surface area contributed by atoms with Gasteiger partial charge in [-0.3, -0.25) is 4.98 Å². The summed E-state index contributed by atoms with van der Waals surface area (Å²) < 4.78 is 6.46. The normalized spacial score (nSPS) is 19.7. The summed E-state index contributed by atoms with van der Waals surface area (Å²) in [6.07, 6.45) is 4.12. The highest BCUT2D eigenvalue weighted by Crippen LogP contribution is 2.35. The quantitative estimate of drug-likeness (QED) is 0.920. The summed E-state index contributed by atoms with van der Waals surface area (Å²) in [5.74, 6) is 1.75. The fourth-order valence-corrected chi connectivity index (χ4v) is 2.97. The number of aromatic nitrogens is 3. The summed E-state index contributed by atoms with van der Waals surface area (Å²) in [4.78, 5) is 8.89. The van der Waals surface area contributed by atoms with Gasteiger partial charge in [0.25, 0.3) is 0 Å². The first kappa shape index (κ1) is 14.7. The minimum absolute atomic E-state index is 0.131. The second-order valence-electron chi connectivity index (χ2n) is 6.05. The summed E-state index contributed by atoms with van der Waals surface area (Å²) in [5.41, 5.74) is 0.597. The van der Waals surface area contributed by atoms with E-state index >= 15 is 0 Å². The van der Waals surface area contributed by atoms with Crippen LogP contribution in [-0.2, 0) is 5.41 Å². The lowest BCUT2D eigenvalue weighted by molar-refractivity contribution is 0.196. The molecule has 21 heavy (non-hydrogen) atoms. The van der Waals surface area contributed by atoms with Gasteiger partial charge >= 0.3 is 0 Å². The van der Waals surface area contributed by atoms with E-state index in [9.17, 15) is 0 Å². The SMILES string of the molecule is CC(C)(c1nc(-c2ccc(Br)cn2)no1)C1CCCNC1. The summed E-state index contributed by atoms with van der Waals surface area (Å²) in [6, 6.07) is 3.81. The zero-order valence-corrected chi connectivity index (χ0v) is 13.9. The summed E-state index contributed by atoms with van der Waals surface area (Å²) >= 11 is 3.37. The first-order valence-corrected chi connectivity index (χ1v) is 8.03. The molecule has 1 atom stereocenters. The van der Waals surface area contributed by atoms with Gasteiger partial charge in [-0.05, 0) is 59.9 Å². The monoisotopic (exact) mass is 350 g/mol. The molecule has 0 amide bonds. The molecule has 0 bridgehead atoms. The molecule has 2 aromatic rings. The third-order valence-corrected chi connectivity index (χ3v) is 4.72. The molecule has 1 saturated heterocycles. The van der Waals surface area contributed by atoms with Crippen LogP contribution in [0.4, 0.5) is 0 Å². The Kier molecular flexibility index (Phi) is 4.08. The van der Waals surface area contributed by atoms with Crippen LogP contribution < -0.4 is 5.32 Å². The second-order valence-corrected chi connectivity index (χ2v) is 6.97. The molecule has 3 rings (SSSR count). The van der Waals surface area contributed by atoms with Crippen molar-refractivity contribution in [2.75, 3.05) is 13.1 Å². The van der Waals surface area contributed by atoms with E-state index in [1.165, 1.54) is 12.8 Å². The zero-order valence-electron chi connectivity index (χ0n) is 12.3. The molecule has 3 heterocycles. The van der Waals surface area contributed by atoms with Crippen LogP contribution in [0.15, 0.2) is 27.3 Å². The number of rotatable bonds is 3. The maximum Gasteiger partial charge on any atom is 0.232 e. The second kappa shape index (κ2) is 5.85. The molecule has 0 aliphatic carbocycles. The number of hydrogen-bond donors (Lipinski definition) is 1. The van der Waals surface area contributed by atoms with Crippen molar-refractivity contribution >= 4 is 15.9 Å². The molecule has 0 saturated carbocycles. The van der Waals surface area contributed by atoms with E-state index in [0.29, 0.717) is 17.6 Å². The maximum absolute atomic E-state index is 5.53. The van der Waals surface area contributed by atoms with Crippen molar-refractivity contribution in [2.24, 2.45) is 5.92 Å². The summed E-state index contributed by atoms with van der Waals surface area (Å²) in [7, 11) is 0. The lowest BCUT2D eigenvalue weighted by Crippen LogP contribution is -2.40. The van der Waals surface area contributed by atoms with Crippen molar-refractivity contribution in [1.82, 2.24) is 20.4 Å². The fraction of sp³-hybridized carbons (Fsp3) is 0.533. The first-order chi connectivity index (χ1) is 10.1. The number of piperidine rings is 1. The Morgan fingerprint density at radius 2 is 2.24 bits per heavy atom. The van der Waals surface area contributed by atoms with Gasteiger partial charge in [0, 0.05) is 16.1 Å². The van der Waals surface area contributed by atoms with E-state index in [2.05, 4.69) is 50.2 Å². The highest BCUT2D eigenvalue weighted by atomic mass is 79.9. The van der Waals surface area contributed by atoms with Crippen LogP contribution in [0.5, 0.6) is 0 Å². The molecule has 1 N–H and O–H groups in total. The van der Waals surface area contributed by atoms with Gasteiger partial charge in [0.2, 0.25) is 11.7 Å². The number of nitrogens with one attached hydrogen (secondary N) is 1. The highest BCUT2D eigenvalue weighted by molar-refractivity contribution is 9.10. The summed E-state index contributed by atoms with van der Waals surface area (Å²) in [5, 5.41) is 7.54. The molecule has 1 unspecified atom stereocenters. The van der Waals surface area contributed by atoms with Gasteiger partial charge in [0.1, 0.15) is 5.69 Å². The minimum Gasteiger partial charge on any atom is -0.338 e. The Morgan fingerprint density at radius 3 is 2.90 bits per heavy atom. The van der Waals surface area contributed by atoms with Crippen molar-refractivity contribution in [3.63, 3.8) is 0 Å². The van der Waals surface area contributed by atoms with Gasteiger partial charge < -0.3 is 9.84 Å². The van der Waals surface area contributed by atoms with Crippen LogP contribution in [-0.4, -0.2) is 28.2 Å². The van der Waals surface area contributed by atoms with Gasteiger partial charge in [-0.2, -0.15) is 4.98 Å². The number of hydrogen-bond acceptors (Lipinski definition) is 5. The van der Waals surface area contributed by atoms with Crippen molar-refractivity contribution in [2.45, 2.75) is 32.1 Å². The molecule has 1 fully saturated rings. The first-order valence-electron chi connectivity index (χ1n) is 7.24. The van der Waals surface area contributed by atoms with Crippen LogP contribution in [0.1, 0.15) is 32.6 Å². The number of halogens is 1. The molecule has 0 spiro atoms. The average Bonchev–Trinajstić information content (AvgIpc) is 2.99. The molecule has 112 valence electrons. The van der Waals surface area contributed by atoms with E-state index in [1.54, 1.807) is 6.20 Å². The van der Waals surface area contributed by atoms with Crippen molar-refractivity contribution in [3.05, 3.63) is 28.7 Å². The Morgan fingerprint density at radius 1 is 1.38 bits per heavy atom. The van der Waals surface area contributed by atoms with Crippen LogP contribution in [0, 0.1) is 5.92 Å². The Balaban J connectivity index is 1.84. The van der Waals surface area contributed by atoms with Gasteiger partial charge in [-0.25, -0.2) is 0 Å². The van der Waals surface area contributed by atoms with E-state index < -0.39 is 0 Å². The maximum atomic E-state index is 5.53. The lowest BCUT2D eigenvalue weighted by atomic mass is 9.75. The zero-order chi connectivity index (χ0) is 14.9. The Labute approximate surface area is 132 Å². The molecular weight excluding hydrogens is 332 g/mol. The van der Waals surface area contributed by atoms with Crippen molar-refractivity contribution in [3.8, 4) is 11.5 Å². The largest absolute Gasteiger partial charge is 0.338 e.